The third kappa shape index (κ3) is 13.7. The van der Waals surface area contributed by atoms with E-state index in [1.165, 1.54) is 0 Å². The van der Waals surface area contributed by atoms with Gasteiger partial charge in [-0.25, -0.2) is 39.9 Å². The first-order chi connectivity index (χ1) is 51.5. The number of nitrogens with zero attached hydrogens (tertiary/aromatic N) is 8. The van der Waals surface area contributed by atoms with Gasteiger partial charge in [0.2, 0.25) is 0 Å². The van der Waals surface area contributed by atoms with Crippen LogP contribution in [0.4, 0.5) is 0 Å². The van der Waals surface area contributed by atoms with Crippen molar-refractivity contribution in [2.24, 2.45) is 0 Å². The Hall–Kier alpha value is -14.1. The summed E-state index contributed by atoms with van der Waals surface area (Å²) in [5.74, 6) is 3.81. The second-order valence-corrected chi connectivity index (χ2v) is 25.4. The number of fused-ring (bicyclic) bond motifs is 2. The molecule has 0 bridgehead atoms. The van der Waals surface area contributed by atoms with Crippen LogP contribution in [0.5, 0.6) is 0 Å². The summed E-state index contributed by atoms with van der Waals surface area (Å²) < 4.78 is 0. The van der Waals surface area contributed by atoms with Gasteiger partial charge in [0.25, 0.3) is 0 Å². The molecule has 0 aliphatic heterocycles. The monoisotopic (exact) mass is 1330 g/mol. The molecular weight excluding hydrogens is 1270 g/mol. The number of rotatable bonds is 14. The van der Waals surface area contributed by atoms with Crippen molar-refractivity contribution in [1.29, 1.82) is 0 Å². The molecule has 8 heteroatoms. The minimum absolute atomic E-state index is 0.627. The molecule has 4 aromatic heterocycles. The van der Waals surface area contributed by atoms with Gasteiger partial charge in [-0.15, -0.1) is 0 Å². The maximum atomic E-state index is 5.16. The van der Waals surface area contributed by atoms with E-state index >= 15 is 0 Å². The third-order valence-corrected chi connectivity index (χ3v) is 18.6. The highest BCUT2D eigenvalue weighted by Crippen LogP contribution is 2.41. The van der Waals surface area contributed by atoms with Crippen LogP contribution in [-0.2, 0) is 0 Å². The van der Waals surface area contributed by atoms with Crippen molar-refractivity contribution < 1.29 is 0 Å². The van der Waals surface area contributed by atoms with Gasteiger partial charge in [0.1, 0.15) is 0 Å². The van der Waals surface area contributed by atoms with Crippen LogP contribution in [0.2, 0.25) is 0 Å². The molecule has 8 nitrogen and oxygen atoms in total. The first-order valence-electron chi connectivity index (χ1n) is 34.8. The van der Waals surface area contributed by atoms with E-state index in [0.29, 0.717) is 34.9 Å². The lowest BCUT2D eigenvalue weighted by Crippen LogP contribution is -2.01. The molecule has 4 heterocycles. The summed E-state index contributed by atoms with van der Waals surface area (Å²) in [6.45, 7) is 0. The molecule has 18 rings (SSSR count). The van der Waals surface area contributed by atoms with E-state index in [9.17, 15) is 0 Å². The Kier molecular flexibility index (Phi) is 17.7. The van der Waals surface area contributed by atoms with Crippen LogP contribution >= 0.6 is 0 Å². The zero-order chi connectivity index (χ0) is 69.4. The van der Waals surface area contributed by atoms with Crippen LogP contribution in [0.25, 0.3) is 179 Å². The molecule has 0 saturated heterocycles. The fourth-order valence-electron chi connectivity index (χ4n) is 13.3. The maximum absolute atomic E-state index is 5.16. The van der Waals surface area contributed by atoms with E-state index in [0.717, 1.165) is 144 Å². The molecule has 104 heavy (non-hydrogen) atoms. The van der Waals surface area contributed by atoms with E-state index in [2.05, 4.69) is 243 Å². The van der Waals surface area contributed by atoms with Crippen molar-refractivity contribution in [2.45, 2.75) is 0 Å². The molecule has 488 valence electrons. The average Bonchev–Trinajstić information content (AvgIpc) is 0.771. The maximum Gasteiger partial charge on any atom is 0.164 e. The molecular formula is C96H64N8. The average molecular weight is 1330 g/mol. The Morgan fingerprint density at radius 1 is 0.115 bits per heavy atom. The van der Waals surface area contributed by atoms with Gasteiger partial charge in [0.05, 0.1) is 22.8 Å². The highest BCUT2D eigenvalue weighted by Gasteiger charge is 2.21. The van der Waals surface area contributed by atoms with E-state index in [1.54, 1.807) is 0 Å². The summed E-state index contributed by atoms with van der Waals surface area (Å²) in [5, 5.41) is 4.55. The highest BCUT2D eigenvalue weighted by atomic mass is 15.0. The van der Waals surface area contributed by atoms with E-state index in [1.807, 2.05) is 146 Å². The second-order valence-electron chi connectivity index (χ2n) is 25.4. The molecule has 0 aliphatic rings. The minimum atomic E-state index is 0.627. The van der Waals surface area contributed by atoms with Crippen molar-refractivity contribution in [3.8, 4) is 158 Å². The van der Waals surface area contributed by atoms with Gasteiger partial charge in [0, 0.05) is 55.6 Å². The predicted octanol–water partition coefficient (Wildman–Crippen LogP) is 24.2. The zero-order valence-corrected chi connectivity index (χ0v) is 56.5. The molecule has 0 unspecified atom stereocenters. The van der Waals surface area contributed by atoms with Crippen LogP contribution in [0.15, 0.2) is 388 Å². The molecule has 0 N–H and O–H groups in total. The van der Waals surface area contributed by atoms with Gasteiger partial charge in [-0.1, -0.05) is 340 Å². The summed E-state index contributed by atoms with van der Waals surface area (Å²) in [6.07, 6.45) is 0. The Morgan fingerprint density at radius 3 is 0.587 bits per heavy atom. The molecule has 14 aromatic carbocycles. The number of hydrogen-bond donors (Lipinski definition) is 0. The number of aromatic nitrogens is 8. The highest BCUT2D eigenvalue weighted by molar-refractivity contribution is 5.98. The van der Waals surface area contributed by atoms with Crippen molar-refractivity contribution >= 4 is 21.5 Å². The van der Waals surface area contributed by atoms with Gasteiger partial charge in [-0.2, -0.15) is 0 Å². The predicted molar refractivity (Wildman–Crippen MR) is 426 cm³/mol. The van der Waals surface area contributed by atoms with Crippen LogP contribution in [-0.4, -0.2) is 39.9 Å². The quantitative estimate of drug-likeness (QED) is 0.106. The lowest BCUT2D eigenvalue weighted by molar-refractivity contribution is 1.07. The van der Waals surface area contributed by atoms with Crippen molar-refractivity contribution in [3.05, 3.63) is 388 Å². The Morgan fingerprint density at radius 2 is 0.308 bits per heavy atom. The molecule has 0 saturated carbocycles. The van der Waals surface area contributed by atoms with Crippen LogP contribution < -0.4 is 0 Å². The largest absolute Gasteiger partial charge is 0.248 e. The van der Waals surface area contributed by atoms with Crippen molar-refractivity contribution in [3.63, 3.8) is 0 Å². The van der Waals surface area contributed by atoms with Gasteiger partial charge in [-0.3, -0.25) is 0 Å². The van der Waals surface area contributed by atoms with Gasteiger partial charge in [-0.05, 0) is 115 Å². The smallest absolute Gasteiger partial charge is 0.164 e. The summed E-state index contributed by atoms with van der Waals surface area (Å²) in [4.78, 5) is 40.5. The van der Waals surface area contributed by atoms with Gasteiger partial charge in [0.15, 0.2) is 34.9 Å². The summed E-state index contributed by atoms with van der Waals surface area (Å²) in [6, 6.07) is 134. The first-order valence-corrected chi connectivity index (χ1v) is 34.8. The lowest BCUT2D eigenvalue weighted by Gasteiger charge is -2.14. The minimum Gasteiger partial charge on any atom is -0.248 e. The fourth-order valence-corrected chi connectivity index (χ4v) is 13.3. The molecule has 0 atom stereocenters. The molecule has 0 fully saturated rings. The standard InChI is InChI=1S/2C48H32N4/c1-5-15-35(16-6-1)44-31-41(32-45(49-44)36-17-7-2-8-18-36)33-25-27-34(28-26-33)42-29-39-23-13-14-24-40(39)30-43(42)48-51-46(37-19-9-3-10-20-37)50-47(52-48)38-21-11-4-12-22-38;1-5-15-33(16-6-1)41-31-44(35-17-7-2-8-18-35)49-45(32-41)36-27-25-34(26-28-36)42-29-39-23-13-14-24-40(39)30-43(42)48-51-46(37-19-9-3-10-20-37)50-47(52-48)38-21-11-4-12-22-38/h2*1-32H. The number of benzene rings is 14. The normalized spacial score (nSPS) is 11.1. The SMILES string of the molecule is c1ccc(-c2cc(-c3ccc(-c4cc5ccccc5cc4-c4nc(-c5ccccc5)nc(-c5ccccc5)n4)cc3)cc(-c3ccccc3)n2)cc1.c1ccc(-c2cc(-c3ccccc3)nc(-c3ccc(-c4cc5ccccc5cc4-c4nc(-c5ccccc5)nc(-c5ccccc5)n4)cc3)c2)cc1. The fraction of sp³-hybridized carbons (Fsp3) is 0. The molecule has 0 radical (unpaired) electrons. The van der Waals surface area contributed by atoms with E-state index in [-0.39, 0.29) is 0 Å². The summed E-state index contributed by atoms with van der Waals surface area (Å²) >= 11 is 0. The zero-order valence-electron chi connectivity index (χ0n) is 56.5. The Balaban J connectivity index is 0.000000154. The van der Waals surface area contributed by atoms with Gasteiger partial charge < -0.3 is 0 Å². The number of pyridine rings is 2. The van der Waals surface area contributed by atoms with E-state index < -0.39 is 0 Å². The van der Waals surface area contributed by atoms with Crippen molar-refractivity contribution in [2.75, 3.05) is 0 Å². The lowest BCUT2D eigenvalue weighted by atomic mass is 9.93. The van der Waals surface area contributed by atoms with Crippen molar-refractivity contribution in [1.82, 2.24) is 39.9 Å². The molecule has 0 amide bonds. The van der Waals surface area contributed by atoms with Crippen LogP contribution in [0.3, 0.4) is 0 Å². The van der Waals surface area contributed by atoms with Crippen LogP contribution in [0, 0.1) is 0 Å². The molecule has 18 aromatic rings. The van der Waals surface area contributed by atoms with Gasteiger partial charge >= 0.3 is 0 Å². The number of hydrogen-bond acceptors (Lipinski definition) is 8. The first kappa shape index (κ1) is 63.4. The summed E-state index contributed by atoms with van der Waals surface area (Å²) in [7, 11) is 0. The van der Waals surface area contributed by atoms with Crippen LogP contribution in [0.1, 0.15) is 0 Å². The van der Waals surface area contributed by atoms with E-state index in [4.69, 9.17) is 39.9 Å². The Bertz CT molecular complexity index is 5430. The topological polar surface area (TPSA) is 103 Å². The second kappa shape index (κ2) is 29.0. The Labute approximate surface area is 603 Å². The third-order valence-electron chi connectivity index (χ3n) is 18.6. The summed E-state index contributed by atoms with van der Waals surface area (Å²) in [5.41, 5.74) is 22.4. The molecule has 0 aliphatic carbocycles. The molecule has 0 spiro atoms.